The van der Waals surface area contributed by atoms with Crippen molar-refractivity contribution in [2.45, 2.75) is 26.4 Å². The van der Waals surface area contributed by atoms with Crippen molar-refractivity contribution in [1.82, 2.24) is 4.57 Å². The standard InChI is InChI=1S/C25H24N2O2/c1-18-8-7-11-20(14-18)16-26-25-22(15-24(28)29)21-12-5-6-13-23(21)27(25)17-19-9-3-2-4-10-19/h2-14,26H,15-17H2,1H3,(H,28,29). The number of hydrogen-bond acceptors (Lipinski definition) is 2. The van der Waals surface area contributed by atoms with E-state index in [1.807, 2.05) is 42.5 Å². The summed E-state index contributed by atoms with van der Waals surface area (Å²) in [6, 6.07) is 26.6. The molecule has 4 heteroatoms. The Balaban J connectivity index is 1.79. The van der Waals surface area contributed by atoms with E-state index in [0.717, 1.165) is 22.3 Å². The number of benzene rings is 3. The van der Waals surface area contributed by atoms with Crippen LogP contribution in [-0.4, -0.2) is 15.6 Å². The molecule has 0 aliphatic carbocycles. The summed E-state index contributed by atoms with van der Waals surface area (Å²) < 4.78 is 2.19. The number of carboxylic acids is 1. The molecule has 0 saturated carbocycles. The largest absolute Gasteiger partial charge is 0.481 e. The van der Waals surface area contributed by atoms with Gasteiger partial charge in [0, 0.05) is 24.0 Å². The van der Waals surface area contributed by atoms with Crippen LogP contribution in [0.1, 0.15) is 22.3 Å². The number of para-hydroxylation sites is 1. The number of aromatic nitrogens is 1. The predicted octanol–water partition coefficient (Wildman–Crippen LogP) is 5.24. The van der Waals surface area contributed by atoms with Crippen LogP contribution in [0.5, 0.6) is 0 Å². The molecule has 0 saturated heterocycles. The Labute approximate surface area is 170 Å². The maximum Gasteiger partial charge on any atom is 0.307 e. The lowest BCUT2D eigenvalue weighted by molar-refractivity contribution is -0.136. The number of carbonyl (C=O) groups is 1. The molecule has 0 fully saturated rings. The van der Waals surface area contributed by atoms with Gasteiger partial charge >= 0.3 is 5.97 Å². The van der Waals surface area contributed by atoms with E-state index in [9.17, 15) is 9.90 Å². The third-order valence-corrected chi connectivity index (χ3v) is 5.13. The Morgan fingerprint density at radius 3 is 2.41 bits per heavy atom. The minimum Gasteiger partial charge on any atom is -0.481 e. The summed E-state index contributed by atoms with van der Waals surface area (Å²) in [7, 11) is 0. The number of nitrogens with one attached hydrogen (secondary N) is 1. The summed E-state index contributed by atoms with van der Waals surface area (Å²) in [5.41, 5.74) is 5.42. The van der Waals surface area contributed by atoms with Crippen LogP contribution in [0.4, 0.5) is 5.82 Å². The third-order valence-electron chi connectivity index (χ3n) is 5.13. The second kappa shape index (κ2) is 8.23. The molecule has 3 aromatic carbocycles. The molecule has 0 radical (unpaired) electrons. The van der Waals surface area contributed by atoms with E-state index in [1.165, 1.54) is 16.7 Å². The molecule has 0 spiro atoms. The zero-order chi connectivity index (χ0) is 20.2. The fourth-order valence-electron chi connectivity index (χ4n) is 3.85. The molecule has 4 rings (SSSR count). The van der Waals surface area contributed by atoms with Crippen molar-refractivity contribution in [2.24, 2.45) is 0 Å². The van der Waals surface area contributed by atoms with Gasteiger partial charge in [0.15, 0.2) is 0 Å². The first-order chi connectivity index (χ1) is 14.1. The number of aliphatic carboxylic acids is 1. The summed E-state index contributed by atoms with van der Waals surface area (Å²) in [5, 5.41) is 14.1. The number of aryl methyl sites for hydroxylation is 1. The summed E-state index contributed by atoms with van der Waals surface area (Å²) in [6.45, 7) is 3.39. The van der Waals surface area contributed by atoms with E-state index in [4.69, 9.17) is 0 Å². The topological polar surface area (TPSA) is 54.3 Å². The molecule has 4 nitrogen and oxygen atoms in total. The summed E-state index contributed by atoms with van der Waals surface area (Å²) >= 11 is 0. The Kier molecular flexibility index (Phi) is 5.34. The van der Waals surface area contributed by atoms with E-state index >= 15 is 0 Å². The molecule has 0 unspecified atom stereocenters. The normalized spacial score (nSPS) is 10.9. The Morgan fingerprint density at radius 2 is 1.66 bits per heavy atom. The van der Waals surface area contributed by atoms with Gasteiger partial charge in [-0.25, -0.2) is 0 Å². The highest BCUT2D eigenvalue weighted by Crippen LogP contribution is 2.32. The van der Waals surface area contributed by atoms with Crippen molar-refractivity contribution in [3.8, 4) is 0 Å². The quantitative estimate of drug-likeness (QED) is 0.458. The lowest BCUT2D eigenvalue weighted by Crippen LogP contribution is -2.11. The molecule has 4 aromatic rings. The van der Waals surface area contributed by atoms with Crippen molar-refractivity contribution >= 4 is 22.7 Å². The Morgan fingerprint density at radius 1 is 0.931 bits per heavy atom. The molecule has 1 aromatic heterocycles. The van der Waals surface area contributed by atoms with Crippen molar-refractivity contribution in [2.75, 3.05) is 5.32 Å². The highest BCUT2D eigenvalue weighted by Gasteiger charge is 2.19. The molecule has 2 N–H and O–H groups in total. The van der Waals surface area contributed by atoms with Crippen LogP contribution in [0.3, 0.4) is 0 Å². The van der Waals surface area contributed by atoms with Crippen molar-refractivity contribution in [3.63, 3.8) is 0 Å². The molecule has 146 valence electrons. The number of nitrogens with zero attached hydrogens (tertiary/aromatic N) is 1. The van der Waals surface area contributed by atoms with Gasteiger partial charge in [0.05, 0.1) is 11.9 Å². The third kappa shape index (κ3) is 4.16. The van der Waals surface area contributed by atoms with Crippen LogP contribution in [0.25, 0.3) is 10.9 Å². The molecule has 0 aliphatic heterocycles. The van der Waals surface area contributed by atoms with Gasteiger partial charge in [0.2, 0.25) is 0 Å². The maximum atomic E-state index is 11.6. The fourth-order valence-corrected chi connectivity index (χ4v) is 3.85. The molecule has 0 bridgehead atoms. The SMILES string of the molecule is Cc1cccc(CNc2c(CC(=O)O)c3ccccc3n2Cc2ccccc2)c1. The fraction of sp³-hybridized carbons (Fsp3) is 0.160. The van der Waals surface area contributed by atoms with Gasteiger partial charge in [-0.1, -0.05) is 78.4 Å². The molecule has 0 atom stereocenters. The highest BCUT2D eigenvalue weighted by molar-refractivity contribution is 5.93. The van der Waals surface area contributed by atoms with E-state index < -0.39 is 5.97 Å². The molecule has 29 heavy (non-hydrogen) atoms. The minimum absolute atomic E-state index is 0.0154. The van der Waals surface area contributed by atoms with Crippen LogP contribution >= 0.6 is 0 Å². The average molecular weight is 384 g/mol. The van der Waals surface area contributed by atoms with E-state index in [2.05, 4.69) is 53.2 Å². The molecular weight excluding hydrogens is 360 g/mol. The van der Waals surface area contributed by atoms with Crippen molar-refractivity contribution in [3.05, 3.63) is 101 Å². The number of anilines is 1. The number of fused-ring (bicyclic) bond motifs is 1. The minimum atomic E-state index is -0.828. The first-order valence-corrected chi connectivity index (χ1v) is 9.77. The van der Waals surface area contributed by atoms with Gasteiger partial charge in [-0.15, -0.1) is 0 Å². The number of hydrogen-bond donors (Lipinski definition) is 2. The summed E-state index contributed by atoms with van der Waals surface area (Å²) in [5.74, 6) is 0.0465. The molecule has 1 heterocycles. The number of carboxylic acid groups (broad SMARTS) is 1. The first-order valence-electron chi connectivity index (χ1n) is 9.77. The summed E-state index contributed by atoms with van der Waals surface area (Å²) in [4.78, 5) is 11.6. The van der Waals surface area contributed by atoms with E-state index in [-0.39, 0.29) is 6.42 Å². The molecular formula is C25H24N2O2. The van der Waals surface area contributed by atoms with Crippen LogP contribution in [0, 0.1) is 6.92 Å². The summed E-state index contributed by atoms with van der Waals surface area (Å²) in [6.07, 6.45) is -0.0154. The Hall–Kier alpha value is -3.53. The average Bonchev–Trinajstić information content (AvgIpc) is 3.00. The highest BCUT2D eigenvalue weighted by atomic mass is 16.4. The lowest BCUT2D eigenvalue weighted by Gasteiger charge is -2.15. The van der Waals surface area contributed by atoms with E-state index in [1.54, 1.807) is 0 Å². The van der Waals surface area contributed by atoms with Crippen LogP contribution in [0.2, 0.25) is 0 Å². The van der Waals surface area contributed by atoms with Gasteiger partial charge in [-0.2, -0.15) is 0 Å². The number of rotatable bonds is 7. The second-order valence-electron chi connectivity index (χ2n) is 7.33. The van der Waals surface area contributed by atoms with Crippen LogP contribution in [0.15, 0.2) is 78.9 Å². The van der Waals surface area contributed by atoms with Gasteiger partial charge in [-0.3, -0.25) is 4.79 Å². The zero-order valence-corrected chi connectivity index (χ0v) is 16.4. The Bertz CT molecular complexity index is 1150. The second-order valence-corrected chi connectivity index (χ2v) is 7.33. The monoisotopic (exact) mass is 384 g/mol. The van der Waals surface area contributed by atoms with Gasteiger partial charge in [0.25, 0.3) is 0 Å². The van der Waals surface area contributed by atoms with Crippen molar-refractivity contribution in [1.29, 1.82) is 0 Å². The molecule has 0 amide bonds. The van der Waals surface area contributed by atoms with Gasteiger partial charge in [-0.05, 0) is 24.1 Å². The zero-order valence-electron chi connectivity index (χ0n) is 16.4. The molecule has 0 aliphatic rings. The van der Waals surface area contributed by atoms with Crippen LogP contribution < -0.4 is 5.32 Å². The maximum absolute atomic E-state index is 11.6. The first kappa shape index (κ1) is 18.8. The lowest BCUT2D eigenvalue weighted by atomic mass is 10.1. The van der Waals surface area contributed by atoms with Crippen LogP contribution in [-0.2, 0) is 24.3 Å². The smallest absolute Gasteiger partial charge is 0.307 e. The van der Waals surface area contributed by atoms with E-state index in [0.29, 0.717) is 13.1 Å². The van der Waals surface area contributed by atoms with Crippen molar-refractivity contribution < 1.29 is 9.90 Å². The predicted molar refractivity (Wildman–Crippen MR) is 117 cm³/mol. The van der Waals surface area contributed by atoms with Gasteiger partial charge in [0.1, 0.15) is 5.82 Å². The van der Waals surface area contributed by atoms with Gasteiger partial charge < -0.3 is 15.0 Å².